The smallest absolute Gasteiger partial charge is 0.124 e. The minimum atomic E-state index is -0.459. The van der Waals surface area contributed by atoms with Gasteiger partial charge in [0.05, 0.1) is 21.9 Å². The van der Waals surface area contributed by atoms with Crippen molar-refractivity contribution in [2.45, 2.75) is 18.3 Å². The fourth-order valence-corrected chi connectivity index (χ4v) is 4.14. The summed E-state index contributed by atoms with van der Waals surface area (Å²) in [4.78, 5) is 1.23. The zero-order chi connectivity index (χ0) is 13.3. The van der Waals surface area contributed by atoms with Crippen LogP contribution in [-0.4, -0.2) is 6.61 Å². The summed E-state index contributed by atoms with van der Waals surface area (Å²) in [5.41, 5.74) is 0.562. The summed E-state index contributed by atoms with van der Waals surface area (Å²) in [6.45, 7) is 0.608. The molecule has 0 bridgehead atoms. The Morgan fingerprint density at radius 1 is 1.32 bits per heavy atom. The first-order chi connectivity index (χ1) is 9.23. The van der Waals surface area contributed by atoms with Crippen molar-refractivity contribution >= 4 is 27.3 Å². The molecule has 2 nitrogen and oxygen atoms in total. The molecule has 4 heteroatoms. The quantitative estimate of drug-likeness (QED) is 0.820. The van der Waals surface area contributed by atoms with Gasteiger partial charge in [0.1, 0.15) is 5.75 Å². The van der Waals surface area contributed by atoms with E-state index in [9.17, 15) is 5.26 Å². The number of thiophene rings is 1. The molecular formula is C15H12BrNOS. The minimum absolute atomic E-state index is 0.459. The molecule has 1 aromatic heterocycles. The van der Waals surface area contributed by atoms with Gasteiger partial charge in [-0.15, -0.1) is 11.3 Å². The Bertz CT molecular complexity index is 646. The van der Waals surface area contributed by atoms with Gasteiger partial charge in [0.15, 0.2) is 0 Å². The molecule has 19 heavy (non-hydrogen) atoms. The summed E-state index contributed by atoms with van der Waals surface area (Å²) in [6, 6.07) is 14.6. The topological polar surface area (TPSA) is 33.0 Å². The Balaban J connectivity index is 2.03. The molecule has 2 aromatic rings. The van der Waals surface area contributed by atoms with Crippen LogP contribution in [0.15, 0.2) is 40.2 Å². The van der Waals surface area contributed by atoms with Gasteiger partial charge in [-0.1, -0.05) is 18.2 Å². The van der Waals surface area contributed by atoms with Crippen LogP contribution in [-0.2, 0) is 11.8 Å². The second-order valence-corrected chi connectivity index (χ2v) is 7.22. The number of benzene rings is 1. The molecular weight excluding hydrogens is 322 g/mol. The molecule has 0 radical (unpaired) electrons. The monoisotopic (exact) mass is 333 g/mol. The van der Waals surface area contributed by atoms with Gasteiger partial charge in [-0.05, 0) is 34.1 Å². The number of rotatable bonds is 2. The van der Waals surface area contributed by atoms with Gasteiger partial charge in [0.2, 0.25) is 0 Å². The predicted molar refractivity (Wildman–Crippen MR) is 79.6 cm³/mol. The van der Waals surface area contributed by atoms with Crippen molar-refractivity contribution in [3.8, 4) is 11.8 Å². The van der Waals surface area contributed by atoms with Gasteiger partial charge >= 0.3 is 0 Å². The number of halogens is 1. The Kier molecular flexibility index (Phi) is 3.34. The minimum Gasteiger partial charge on any atom is -0.493 e. The Labute approximate surface area is 124 Å². The molecule has 0 saturated carbocycles. The van der Waals surface area contributed by atoms with Crippen molar-refractivity contribution in [2.24, 2.45) is 0 Å². The van der Waals surface area contributed by atoms with Crippen LogP contribution < -0.4 is 4.74 Å². The average molecular weight is 334 g/mol. The fraction of sp³-hybridized carbons (Fsp3) is 0.267. The lowest BCUT2D eigenvalue weighted by atomic mass is 9.74. The van der Waals surface area contributed by atoms with E-state index in [2.05, 4.69) is 28.1 Å². The molecule has 1 aliphatic heterocycles. The summed E-state index contributed by atoms with van der Waals surface area (Å²) in [5.74, 6) is 0.853. The number of hydrogen-bond acceptors (Lipinski definition) is 3. The third kappa shape index (κ3) is 2.29. The van der Waals surface area contributed by atoms with E-state index in [1.54, 1.807) is 11.3 Å². The van der Waals surface area contributed by atoms with Gasteiger partial charge in [-0.2, -0.15) is 5.26 Å². The number of nitriles is 1. The van der Waals surface area contributed by atoms with E-state index in [1.807, 2.05) is 30.3 Å². The number of para-hydroxylation sites is 1. The molecule has 2 heterocycles. The molecule has 1 unspecified atom stereocenters. The van der Waals surface area contributed by atoms with Gasteiger partial charge in [-0.3, -0.25) is 0 Å². The lowest BCUT2D eigenvalue weighted by Gasteiger charge is -2.32. The zero-order valence-electron chi connectivity index (χ0n) is 10.2. The molecule has 96 valence electrons. The molecule has 1 aliphatic rings. The predicted octanol–water partition coefficient (Wildman–Crippen LogP) is 4.30. The normalized spacial score (nSPS) is 21.3. The molecule has 3 rings (SSSR count). The first-order valence-electron chi connectivity index (χ1n) is 6.11. The highest BCUT2D eigenvalue weighted by Gasteiger charge is 2.38. The van der Waals surface area contributed by atoms with Crippen LogP contribution in [0.3, 0.4) is 0 Å². The summed E-state index contributed by atoms with van der Waals surface area (Å²) in [7, 11) is 0. The molecule has 1 aromatic carbocycles. The molecule has 0 amide bonds. The summed E-state index contributed by atoms with van der Waals surface area (Å²) < 4.78 is 6.77. The third-order valence-electron chi connectivity index (χ3n) is 3.51. The highest BCUT2D eigenvalue weighted by molar-refractivity contribution is 9.11. The number of fused-ring (bicyclic) bond motifs is 1. The van der Waals surface area contributed by atoms with E-state index in [4.69, 9.17) is 4.74 Å². The molecule has 0 saturated heterocycles. The molecule has 0 fully saturated rings. The fourth-order valence-electron chi connectivity index (χ4n) is 2.54. The summed E-state index contributed by atoms with van der Waals surface area (Å²) in [6.07, 6.45) is 1.50. The van der Waals surface area contributed by atoms with Crippen molar-refractivity contribution in [1.82, 2.24) is 0 Å². The van der Waals surface area contributed by atoms with Crippen LogP contribution in [0.25, 0.3) is 0 Å². The van der Waals surface area contributed by atoms with Crippen LogP contribution in [0, 0.1) is 11.3 Å². The van der Waals surface area contributed by atoms with Crippen LogP contribution in [0.5, 0.6) is 5.75 Å². The lowest BCUT2D eigenvalue weighted by Crippen LogP contribution is -2.33. The van der Waals surface area contributed by atoms with Crippen LogP contribution >= 0.6 is 27.3 Å². The van der Waals surface area contributed by atoms with Crippen molar-refractivity contribution in [1.29, 1.82) is 5.26 Å². The van der Waals surface area contributed by atoms with E-state index < -0.39 is 5.41 Å². The van der Waals surface area contributed by atoms with Crippen molar-refractivity contribution < 1.29 is 4.74 Å². The van der Waals surface area contributed by atoms with Crippen molar-refractivity contribution in [3.05, 3.63) is 50.6 Å². The Morgan fingerprint density at radius 2 is 2.16 bits per heavy atom. The SMILES string of the molecule is N#CC1(Cc2ccc(Br)s2)CCOc2ccccc21. The van der Waals surface area contributed by atoms with E-state index in [0.29, 0.717) is 6.61 Å². The van der Waals surface area contributed by atoms with Gasteiger partial charge in [-0.25, -0.2) is 0 Å². The van der Waals surface area contributed by atoms with Crippen LogP contribution in [0.1, 0.15) is 16.9 Å². The maximum Gasteiger partial charge on any atom is 0.124 e. The second-order valence-electron chi connectivity index (χ2n) is 4.67. The number of ether oxygens (including phenoxy) is 1. The number of nitrogens with zero attached hydrogens (tertiary/aromatic N) is 1. The zero-order valence-corrected chi connectivity index (χ0v) is 12.6. The molecule has 1 atom stereocenters. The lowest BCUT2D eigenvalue weighted by molar-refractivity contribution is 0.242. The van der Waals surface area contributed by atoms with Gasteiger partial charge in [0, 0.05) is 23.3 Å². The van der Waals surface area contributed by atoms with Crippen molar-refractivity contribution in [2.75, 3.05) is 6.61 Å². The molecule has 0 spiro atoms. The van der Waals surface area contributed by atoms with E-state index in [0.717, 1.165) is 27.9 Å². The van der Waals surface area contributed by atoms with Gasteiger partial charge < -0.3 is 4.74 Å². The summed E-state index contributed by atoms with van der Waals surface area (Å²) in [5, 5.41) is 9.74. The standard InChI is InChI=1S/C15H12BrNOS/c16-14-6-5-11(19-14)9-15(10-17)7-8-18-13-4-2-1-3-12(13)15/h1-6H,7-9H2. The first kappa shape index (κ1) is 12.7. The third-order valence-corrected chi connectivity index (χ3v) is 5.13. The highest BCUT2D eigenvalue weighted by atomic mass is 79.9. The highest BCUT2D eigenvalue weighted by Crippen LogP contribution is 2.41. The largest absolute Gasteiger partial charge is 0.493 e. The van der Waals surface area contributed by atoms with E-state index in [-0.39, 0.29) is 0 Å². The van der Waals surface area contributed by atoms with E-state index >= 15 is 0 Å². The number of hydrogen-bond donors (Lipinski definition) is 0. The first-order valence-corrected chi connectivity index (χ1v) is 7.72. The van der Waals surface area contributed by atoms with Crippen LogP contribution in [0.4, 0.5) is 0 Å². The molecule has 0 N–H and O–H groups in total. The van der Waals surface area contributed by atoms with E-state index in [1.165, 1.54) is 4.88 Å². The van der Waals surface area contributed by atoms with Gasteiger partial charge in [0.25, 0.3) is 0 Å². The second kappa shape index (κ2) is 4.99. The molecule has 0 aliphatic carbocycles. The summed E-state index contributed by atoms with van der Waals surface area (Å²) >= 11 is 5.17. The average Bonchev–Trinajstić information content (AvgIpc) is 2.84. The maximum absolute atomic E-state index is 9.74. The maximum atomic E-state index is 9.74. The Morgan fingerprint density at radius 3 is 2.89 bits per heavy atom. The Hall–Kier alpha value is -1.31. The van der Waals surface area contributed by atoms with Crippen LogP contribution in [0.2, 0.25) is 0 Å². The van der Waals surface area contributed by atoms with Crippen molar-refractivity contribution in [3.63, 3.8) is 0 Å².